The second kappa shape index (κ2) is 13.6. The van der Waals surface area contributed by atoms with Crippen LogP contribution in [0.5, 0.6) is 0 Å². The number of benzene rings is 7. The minimum atomic E-state index is -0.0370. The van der Waals surface area contributed by atoms with E-state index >= 15 is 0 Å². The molecule has 0 amide bonds. The Balaban J connectivity index is 1.11. The van der Waals surface area contributed by atoms with E-state index in [9.17, 15) is 0 Å². The Kier molecular flexibility index (Phi) is 8.03. The number of furan rings is 2. The zero-order chi connectivity index (χ0) is 36.7. The molecule has 0 fully saturated rings. The molecule has 2 N–H and O–H groups in total. The van der Waals surface area contributed by atoms with Crippen molar-refractivity contribution in [3.63, 3.8) is 0 Å². The number of hydrazone groups is 1. The van der Waals surface area contributed by atoms with E-state index in [-0.39, 0.29) is 5.92 Å². The van der Waals surface area contributed by atoms with Crippen LogP contribution in [0.15, 0.2) is 201 Å². The highest BCUT2D eigenvalue weighted by atomic mass is 16.3. The number of aliphatic imine (C=N–C) groups is 1. The summed E-state index contributed by atoms with van der Waals surface area (Å²) >= 11 is 0. The fraction of sp³-hybridized carbons (Fsp3) is 0.0400. The zero-order valence-electron chi connectivity index (χ0n) is 29.9. The standard InChI is InChI=1S/C50H35N3O2/c51-53-50(42-17-10-20-45-48(42)47-39(16-9-19-44(47)55-45)36-25-21-34(22-26-36)32-11-3-1-4-12-32)52-49(37-27-23-35(24-28-37)33-13-5-2-6-14-33)38-29-30-41-40-15-7-8-18-43(40)54-46(41)31-38/h1-27,29-31,37H,28,51H2/b52-49-,53-50-. The molecule has 9 aromatic rings. The largest absolute Gasteiger partial charge is 0.456 e. The van der Waals surface area contributed by atoms with Crippen LogP contribution in [0, 0.1) is 5.92 Å². The quantitative estimate of drug-likeness (QED) is 0.0808. The molecule has 5 nitrogen and oxygen atoms in total. The van der Waals surface area contributed by atoms with E-state index < -0.39 is 0 Å². The number of nitrogens with zero attached hydrogens (tertiary/aromatic N) is 2. The molecule has 0 saturated heterocycles. The Labute approximate surface area is 318 Å². The number of fused-ring (bicyclic) bond motifs is 6. The first kappa shape index (κ1) is 32.4. The second-order valence-corrected chi connectivity index (χ2v) is 13.9. The van der Waals surface area contributed by atoms with E-state index in [2.05, 4.69) is 126 Å². The molecule has 0 radical (unpaired) electrons. The van der Waals surface area contributed by atoms with E-state index in [1.807, 2.05) is 60.7 Å². The summed E-state index contributed by atoms with van der Waals surface area (Å²) in [5, 5.41) is 8.46. The van der Waals surface area contributed by atoms with Crippen LogP contribution in [0.2, 0.25) is 0 Å². The number of rotatable bonds is 6. The van der Waals surface area contributed by atoms with Crippen LogP contribution < -0.4 is 5.84 Å². The molecule has 0 aliphatic heterocycles. The molecule has 0 saturated carbocycles. The van der Waals surface area contributed by atoms with Gasteiger partial charge in [-0.25, -0.2) is 4.99 Å². The van der Waals surface area contributed by atoms with Crippen LogP contribution >= 0.6 is 0 Å². The third-order valence-corrected chi connectivity index (χ3v) is 10.6. The zero-order valence-corrected chi connectivity index (χ0v) is 29.9. The lowest BCUT2D eigenvalue weighted by atomic mass is 9.87. The molecule has 1 unspecified atom stereocenters. The third-order valence-electron chi connectivity index (χ3n) is 10.6. The average molecular weight is 710 g/mol. The van der Waals surface area contributed by atoms with Gasteiger partial charge in [0, 0.05) is 38.6 Å². The van der Waals surface area contributed by atoms with E-state index in [1.165, 1.54) is 16.7 Å². The molecule has 2 heterocycles. The summed E-state index contributed by atoms with van der Waals surface area (Å²) in [5.74, 6) is 6.71. The first-order valence-electron chi connectivity index (χ1n) is 18.5. The minimum absolute atomic E-state index is 0.0370. The Morgan fingerprint density at radius 1 is 0.545 bits per heavy atom. The highest BCUT2D eigenvalue weighted by Gasteiger charge is 2.23. The van der Waals surface area contributed by atoms with Crippen molar-refractivity contribution in [3.05, 3.63) is 199 Å². The number of hydrogen-bond acceptors (Lipinski definition) is 4. The molecule has 0 spiro atoms. The lowest BCUT2D eigenvalue weighted by Gasteiger charge is -2.20. The van der Waals surface area contributed by atoms with Crippen LogP contribution in [-0.2, 0) is 0 Å². The smallest absolute Gasteiger partial charge is 0.179 e. The minimum Gasteiger partial charge on any atom is -0.456 e. The van der Waals surface area contributed by atoms with Crippen molar-refractivity contribution in [3.8, 4) is 22.3 Å². The summed E-state index contributed by atoms with van der Waals surface area (Å²) in [6, 6.07) is 56.3. The molecular weight excluding hydrogens is 675 g/mol. The molecule has 5 heteroatoms. The van der Waals surface area contributed by atoms with Gasteiger partial charge < -0.3 is 14.7 Å². The number of amidine groups is 1. The van der Waals surface area contributed by atoms with Crippen LogP contribution in [-0.4, -0.2) is 11.5 Å². The predicted octanol–water partition coefficient (Wildman–Crippen LogP) is 12.6. The van der Waals surface area contributed by atoms with Crippen molar-refractivity contribution >= 4 is 61.0 Å². The maximum atomic E-state index is 6.50. The molecule has 1 aliphatic rings. The van der Waals surface area contributed by atoms with Crippen LogP contribution in [0.3, 0.4) is 0 Å². The van der Waals surface area contributed by atoms with Crippen molar-refractivity contribution in [1.29, 1.82) is 0 Å². The second-order valence-electron chi connectivity index (χ2n) is 13.9. The van der Waals surface area contributed by atoms with Gasteiger partial charge in [0.15, 0.2) is 5.84 Å². The lowest BCUT2D eigenvalue weighted by Crippen LogP contribution is -2.18. The molecule has 0 bridgehead atoms. The lowest BCUT2D eigenvalue weighted by molar-refractivity contribution is 0.668. The average Bonchev–Trinajstić information content (AvgIpc) is 3.83. The van der Waals surface area contributed by atoms with Gasteiger partial charge in [0.05, 0.1) is 5.71 Å². The highest BCUT2D eigenvalue weighted by Crippen LogP contribution is 2.40. The monoisotopic (exact) mass is 709 g/mol. The summed E-state index contributed by atoms with van der Waals surface area (Å²) in [4.78, 5) is 5.38. The summed E-state index contributed by atoms with van der Waals surface area (Å²) < 4.78 is 12.9. The Hall–Kier alpha value is -7.24. The molecule has 10 rings (SSSR count). The molecular formula is C50H35N3O2. The first-order valence-corrected chi connectivity index (χ1v) is 18.5. The van der Waals surface area contributed by atoms with Crippen molar-refractivity contribution in [2.24, 2.45) is 21.9 Å². The summed E-state index contributed by atoms with van der Waals surface area (Å²) in [6.45, 7) is 0. The van der Waals surface area contributed by atoms with Crippen molar-refractivity contribution in [1.82, 2.24) is 0 Å². The molecule has 55 heavy (non-hydrogen) atoms. The fourth-order valence-corrected chi connectivity index (χ4v) is 7.95. The number of hydrogen-bond donors (Lipinski definition) is 1. The summed E-state index contributed by atoms with van der Waals surface area (Å²) in [6.07, 6.45) is 7.48. The maximum Gasteiger partial charge on any atom is 0.179 e. The van der Waals surface area contributed by atoms with Gasteiger partial charge in [-0.15, -0.1) is 0 Å². The Morgan fingerprint density at radius 2 is 1.18 bits per heavy atom. The highest BCUT2D eigenvalue weighted by molar-refractivity contribution is 6.24. The third kappa shape index (κ3) is 5.83. The van der Waals surface area contributed by atoms with Gasteiger partial charge in [0.1, 0.15) is 22.3 Å². The maximum absolute atomic E-state index is 6.50. The van der Waals surface area contributed by atoms with Crippen molar-refractivity contribution in [2.75, 3.05) is 0 Å². The molecule has 1 aliphatic carbocycles. The first-order chi connectivity index (χ1) is 27.2. The van der Waals surface area contributed by atoms with Gasteiger partial charge in [0.2, 0.25) is 0 Å². The summed E-state index contributed by atoms with van der Waals surface area (Å²) in [5.41, 5.74) is 12.7. The fourth-order valence-electron chi connectivity index (χ4n) is 7.95. The van der Waals surface area contributed by atoms with E-state index in [0.717, 1.165) is 83.8 Å². The van der Waals surface area contributed by atoms with Gasteiger partial charge in [-0.3, -0.25) is 0 Å². The number of para-hydroxylation sites is 1. The van der Waals surface area contributed by atoms with E-state index in [1.54, 1.807) is 0 Å². The van der Waals surface area contributed by atoms with Crippen LogP contribution in [0.4, 0.5) is 0 Å². The van der Waals surface area contributed by atoms with Gasteiger partial charge in [-0.2, -0.15) is 5.10 Å². The van der Waals surface area contributed by atoms with Gasteiger partial charge in [-0.05, 0) is 70.1 Å². The van der Waals surface area contributed by atoms with Crippen molar-refractivity contribution < 1.29 is 8.83 Å². The normalized spacial score (nSPS) is 15.0. The molecule has 2 aromatic heterocycles. The molecule has 1 atom stereocenters. The molecule has 7 aromatic carbocycles. The van der Waals surface area contributed by atoms with E-state index in [0.29, 0.717) is 5.84 Å². The van der Waals surface area contributed by atoms with E-state index in [4.69, 9.17) is 19.7 Å². The Morgan fingerprint density at radius 3 is 1.95 bits per heavy atom. The van der Waals surface area contributed by atoms with Crippen molar-refractivity contribution in [2.45, 2.75) is 6.42 Å². The van der Waals surface area contributed by atoms with Gasteiger partial charge >= 0.3 is 0 Å². The SMILES string of the molecule is N/N=C(\N=C(/c1ccc2c(c1)oc1ccccc12)C1C=CC(c2ccccc2)=CC1)c1cccc2oc3cccc(-c4ccc(-c5ccccc5)cc4)c3c12. The Bertz CT molecular complexity index is 3000. The number of allylic oxidation sites excluding steroid dienone is 4. The topological polar surface area (TPSA) is 77.0 Å². The summed E-state index contributed by atoms with van der Waals surface area (Å²) in [7, 11) is 0. The number of nitrogens with two attached hydrogens (primary N) is 1. The molecule has 262 valence electrons. The van der Waals surface area contributed by atoms with Crippen LogP contribution in [0.1, 0.15) is 23.1 Å². The van der Waals surface area contributed by atoms with Gasteiger partial charge in [-0.1, -0.05) is 152 Å². The predicted molar refractivity (Wildman–Crippen MR) is 227 cm³/mol. The van der Waals surface area contributed by atoms with Crippen LogP contribution in [0.25, 0.3) is 71.7 Å². The van der Waals surface area contributed by atoms with Gasteiger partial charge in [0.25, 0.3) is 0 Å².